The minimum absolute atomic E-state index is 0.0258. The highest BCUT2D eigenvalue weighted by Crippen LogP contribution is 2.34. The topological polar surface area (TPSA) is 130 Å². The number of rotatable bonds is 2. The molecule has 1 aromatic carbocycles. The summed E-state index contributed by atoms with van der Waals surface area (Å²) in [4.78, 5) is 22.3. The number of carboxylic acid groups (broad SMARTS) is 1. The highest BCUT2D eigenvalue weighted by molar-refractivity contribution is 6.59. The summed E-state index contributed by atoms with van der Waals surface area (Å²) in [5.74, 6) is -2.53. The number of benzene rings is 1. The van der Waals surface area contributed by atoms with E-state index in [0.717, 1.165) is 0 Å². The molecule has 18 heavy (non-hydrogen) atoms. The standard InChI is InChI=1S/C10H11BNO6/c12-9(13)6-2-1-5-3-4-11(16,17)18-8(5)7(6)10(14)15/h1-2,16-17H,3-4H2,(H2,12,13)(H,14,15)/q-1. The molecule has 96 valence electrons. The lowest BCUT2D eigenvalue weighted by Crippen LogP contribution is -2.45. The van der Waals surface area contributed by atoms with Crippen molar-refractivity contribution in [3.05, 3.63) is 28.8 Å². The number of carboxylic acids is 1. The van der Waals surface area contributed by atoms with Gasteiger partial charge in [0.15, 0.2) is 0 Å². The van der Waals surface area contributed by atoms with Gasteiger partial charge in [-0.2, -0.15) is 0 Å². The van der Waals surface area contributed by atoms with Crippen molar-refractivity contribution >= 4 is 18.6 Å². The third kappa shape index (κ3) is 2.03. The molecule has 0 saturated heterocycles. The largest absolute Gasteiger partial charge is 0.669 e. The Morgan fingerprint density at radius 3 is 2.56 bits per heavy atom. The number of nitrogens with two attached hydrogens (primary N) is 1. The van der Waals surface area contributed by atoms with Crippen LogP contribution in [0.1, 0.15) is 26.3 Å². The first-order valence-corrected chi connectivity index (χ1v) is 5.30. The number of carbonyl (C=O) groups is 2. The highest BCUT2D eigenvalue weighted by Gasteiger charge is 2.32. The number of primary amides is 1. The number of aryl methyl sites for hydroxylation is 1. The molecule has 1 aliphatic heterocycles. The molecule has 5 N–H and O–H groups in total. The molecule has 0 unspecified atom stereocenters. The van der Waals surface area contributed by atoms with Crippen molar-refractivity contribution < 1.29 is 29.4 Å². The molecule has 1 amide bonds. The average molecular weight is 252 g/mol. The van der Waals surface area contributed by atoms with Crippen LogP contribution in [0.25, 0.3) is 0 Å². The molecule has 1 heterocycles. The van der Waals surface area contributed by atoms with Crippen LogP contribution in [-0.2, 0) is 6.42 Å². The Balaban J connectivity index is 2.66. The molecule has 0 spiro atoms. The lowest BCUT2D eigenvalue weighted by Gasteiger charge is -2.37. The van der Waals surface area contributed by atoms with Crippen LogP contribution < -0.4 is 10.4 Å². The molecule has 0 bridgehead atoms. The summed E-state index contributed by atoms with van der Waals surface area (Å²) in [6.07, 6.45) is 0.226. The van der Waals surface area contributed by atoms with Crippen molar-refractivity contribution in [3.8, 4) is 5.75 Å². The van der Waals surface area contributed by atoms with Gasteiger partial charge in [-0.25, -0.2) is 4.79 Å². The van der Waals surface area contributed by atoms with Crippen molar-refractivity contribution in [3.63, 3.8) is 0 Å². The summed E-state index contributed by atoms with van der Waals surface area (Å²) in [6.45, 7) is -3.09. The zero-order chi connectivity index (χ0) is 13.5. The second kappa shape index (κ2) is 4.00. The van der Waals surface area contributed by atoms with Crippen molar-refractivity contribution in [2.75, 3.05) is 0 Å². The number of carbonyl (C=O) groups excluding carboxylic acids is 1. The minimum atomic E-state index is -3.09. The van der Waals surface area contributed by atoms with E-state index in [0.29, 0.717) is 5.56 Å². The molecule has 0 aromatic heterocycles. The third-order valence-electron chi connectivity index (χ3n) is 2.81. The van der Waals surface area contributed by atoms with E-state index in [1.165, 1.54) is 12.1 Å². The van der Waals surface area contributed by atoms with Crippen LogP contribution in [0, 0.1) is 0 Å². The van der Waals surface area contributed by atoms with Crippen LogP contribution in [0.4, 0.5) is 0 Å². The maximum atomic E-state index is 11.2. The van der Waals surface area contributed by atoms with Crippen LogP contribution in [0.5, 0.6) is 5.75 Å². The second-order valence-electron chi connectivity index (χ2n) is 4.16. The summed E-state index contributed by atoms with van der Waals surface area (Å²) >= 11 is 0. The Kier molecular flexibility index (Phi) is 2.76. The summed E-state index contributed by atoms with van der Waals surface area (Å²) < 4.78 is 4.89. The number of aromatic carboxylic acids is 1. The summed E-state index contributed by atoms with van der Waals surface area (Å²) in [5, 5.41) is 28.0. The Labute approximate surface area is 102 Å². The summed E-state index contributed by atoms with van der Waals surface area (Å²) in [6, 6.07) is 2.79. The number of hydrogen-bond acceptors (Lipinski definition) is 5. The Bertz CT molecular complexity index is 541. The van der Waals surface area contributed by atoms with E-state index in [2.05, 4.69) is 0 Å². The molecular weight excluding hydrogens is 241 g/mol. The monoisotopic (exact) mass is 252 g/mol. The molecule has 0 atom stereocenters. The van der Waals surface area contributed by atoms with Crippen LogP contribution >= 0.6 is 0 Å². The van der Waals surface area contributed by atoms with Crippen LogP contribution in [0.15, 0.2) is 12.1 Å². The van der Waals surface area contributed by atoms with E-state index in [1.807, 2.05) is 0 Å². The van der Waals surface area contributed by atoms with Crippen LogP contribution in [0.3, 0.4) is 0 Å². The molecule has 0 fully saturated rings. The van der Waals surface area contributed by atoms with Gasteiger partial charge in [0.1, 0.15) is 5.56 Å². The summed E-state index contributed by atoms with van der Waals surface area (Å²) in [7, 11) is 0. The Morgan fingerprint density at radius 1 is 1.33 bits per heavy atom. The van der Waals surface area contributed by atoms with Gasteiger partial charge < -0.3 is 25.5 Å². The quantitative estimate of drug-likeness (QED) is 0.517. The fourth-order valence-electron chi connectivity index (χ4n) is 1.97. The Hall–Kier alpha value is -2.06. The lowest BCUT2D eigenvalue weighted by atomic mass is 9.70. The Morgan fingerprint density at radius 2 is 2.00 bits per heavy atom. The van der Waals surface area contributed by atoms with Gasteiger partial charge in [0.25, 0.3) is 0 Å². The van der Waals surface area contributed by atoms with Gasteiger partial charge in [-0.1, -0.05) is 12.4 Å². The first kappa shape index (κ1) is 12.4. The maximum Gasteiger partial charge on any atom is 0.430 e. The molecule has 8 heteroatoms. The van der Waals surface area contributed by atoms with Gasteiger partial charge in [-0.15, -0.1) is 0 Å². The summed E-state index contributed by atoms with van der Waals surface area (Å²) in [5.41, 5.74) is 4.91. The van der Waals surface area contributed by atoms with E-state index >= 15 is 0 Å². The molecular formula is C10H11BNO6-. The van der Waals surface area contributed by atoms with Crippen molar-refractivity contribution in [1.82, 2.24) is 0 Å². The molecule has 0 saturated carbocycles. The zero-order valence-corrected chi connectivity index (χ0v) is 9.29. The van der Waals surface area contributed by atoms with Gasteiger partial charge in [0.2, 0.25) is 5.91 Å². The van der Waals surface area contributed by atoms with Crippen molar-refractivity contribution in [2.45, 2.75) is 12.7 Å². The van der Waals surface area contributed by atoms with E-state index in [9.17, 15) is 19.6 Å². The normalized spacial score (nSPS) is 16.6. The smallest absolute Gasteiger partial charge is 0.430 e. The molecule has 0 radical (unpaired) electrons. The molecule has 1 aromatic rings. The maximum absolute atomic E-state index is 11.2. The number of amides is 1. The lowest BCUT2D eigenvalue weighted by molar-refractivity contribution is 0.0688. The van der Waals surface area contributed by atoms with Crippen LogP contribution in [-0.4, -0.2) is 33.8 Å². The van der Waals surface area contributed by atoms with Gasteiger partial charge in [-0.05, 0) is 18.1 Å². The fraction of sp³-hybridized carbons (Fsp3) is 0.200. The number of hydrogen-bond donors (Lipinski definition) is 4. The van der Waals surface area contributed by atoms with Gasteiger partial charge in [0.05, 0.1) is 11.3 Å². The SMILES string of the molecule is NC(=O)c1ccc2c(c1C(=O)O)O[B-](O)(O)CC2. The zero-order valence-electron chi connectivity index (χ0n) is 9.29. The van der Waals surface area contributed by atoms with Crippen molar-refractivity contribution in [2.24, 2.45) is 5.73 Å². The molecule has 7 nitrogen and oxygen atoms in total. The number of fused-ring (bicyclic) bond motifs is 1. The van der Waals surface area contributed by atoms with Gasteiger partial charge >= 0.3 is 12.7 Å². The first-order valence-electron chi connectivity index (χ1n) is 5.30. The van der Waals surface area contributed by atoms with E-state index in [4.69, 9.17) is 15.5 Å². The van der Waals surface area contributed by atoms with Crippen molar-refractivity contribution in [1.29, 1.82) is 0 Å². The fourth-order valence-corrected chi connectivity index (χ4v) is 1.97. The first-order chi connectivity index (χ1) is 8.32. The molecule has 2 rings (SSSR count). The predicted octanol–water partition coefficient (Wildman–Crippen LogP) is -0.658. The average Bonchev–Trinajstić information content (AvgIpc) is 2.25. The second-order valence-corrected chi connectivity index (χ2v) is 4.16. The van der Waals surface area contributed by atoms with E-state index < -0.39 is 24.2 Å². The van der Waals surface area contributed by atoms with E-state index in [1.54, 1.807) is 0 Å². The van der Waals surface area contributed by atoms with Gasteiger partial charge in [-0.3, -0.25) is 4.79 Å². The predicted molar refractivity (Wildman–Crippen MR) is 61.2 cm³/mol. The minimum Gasteiger partial charge on any atom is -0.669 e. The molecule has 1 aliphatic rings. The highest BCUT2D eigenvalue weighted by atomic mass is 16.6. The molecule has 0 aliphatic carbocycles. The van der Waals surface area contributed by atoms with Gasteiger partial charge in [0, 0.05) is 0 Å². The van der Waals surface area contributed by atoms with Crippen LogP contribution in [0.2, 0.25) is 6.32 Å². The van der Waals surface area contributed by atoms with E-state index in [-0.39, 0.29) is 24.1 Å². The third-order valence-corrected chi connectivity index (χ3v) is 2.81.